The van der Waals surface area contributed by atoms with E-state index in [1.54, 1.807) is 24.3 Å². The van der Waals surface area contributed by atoms with Gasteiger partial charge in [0.15, 0.2) is 0 Å². The molecule has 0 saturated carbocycles. The van der Waals surface area contributed by atoms with Crippen molar-refractivity contribution in [2.45, 2.75) is 0 Å². The van der Waals surface area contributed by atoms with Crippen molar-refractivity contribution in [2.24, 2.45) is 5.73 Å². The first-order valence-electron chi connectivity index (χ1n) is 6.22. The molecule has 1 amide bonds. The predicted octanol–water partition coefficient (Wildman–Crippen LogP) is 2.65. The van der Waals surface area contributed by atoms with Crippen LogP contribution in [-0.4, -0.2) is 5.91 Å². The minimum atomic E-state index is -0.697. The number of hydrogen-bond donors (Lipinski definition) is 2. The first-order valence-corrected chi connectivity index (χ1v) is 6.22. The molecule has 0 saturated heterocycles. The number of amides is 1. The van der Waals surface area contributed by atoms with E-state index in [2.05, 4.69) is 6.07 Å². The first kappa shape index (κ1) is 12.8. The normalized spacial score (nSPS) is 10.4. The molecular weight excluding hydrogens is 266 g/mol. The van der Waals surface area contributed by atoms with E-state index in [0.29, 0.717) is 16.5 Å². The van der Waals surface area contributed by atoms with Crippen LogP contribution in [0.5, 0.6) is 0 Å². The first-order chi connectivity index (χ1) is 10.1. The van der Waals surface area contributed by atoms with Crippen LogP contribution in [0.3, 0.4) is 0 Å². The Kier molecular flexibility index (Phi) is 2.85. The van der Waals surface area contributed by atoms with Crippen molar-refractivity contribution in [2.75, 3.05) is 5.73 Å². The molecule has 3 aromatic rings. The van der Waals surface area contributed by atoms with Gasteiger partial charge in [0, 0.05) is 5.39 Å². The lowest BCUT2D eigenvalue weighted by molar-refractivity contribution is 0.0977. The Hall–Kier alpha value is -3.26. The third kappa shape index (κ3) is 2.09. The molecule has 3 rings (SSSR count). The van der Waals surface area contributed by atoms with E-state index in [9.17, 15) is 4.79 Å². The van der Waals surface area contributed by atoms with Crippen molar-refractivity contribution < 1.29 is 9.21 Å². The Morgan fingerprint density at radius 1 is 1.14 bits per heavy atom. The zero-order valence-electron chi connectivity index (χ0n) is 11.0. The minimum absolute atomic E-state index is 0.0343. The summed E-state index contributed by atoms with van der Waals surface area (Å²) in [5.41, 5.74) is 14.1. The smallest absolute Gasteiger partial charge is 0.286 e. The molecule has 102 valence electrons. The molecular formula is C16H11N3O2. The maximum atomic E-state index is 11.2. The lowest BCUT2D eigenvalue weighted by Crippen LogP contribution is -2.11. The van der Waals surface area contributed by atoms with Crippen LogP contribution in [0, 0.1) is 11.3 Å². The van der Waals surface area contributed by atoms with Crippen LogP contribution in [-0.2, 0) is 0 Å². The number of primary amides is 1. The second-order valence-electron chi connectivity index (χ2n) is 4.61. The summed E-state index contributed by atoms with van der Waals surface area (Å²) in [6.45, 7) is 0. The lowest BCUT2D eigenvalue weighted by Gasteiger charge is -2.02. The number of nitrogens with two attached hydrogens (primary N) is 2. The number of furan rings is 1. The van der Waals surface area contributed by atoms with E-state index < -0.39 is 5.91 Å². The number of carbonyl (C=O) groups is 1. The maximum Gasteiger partial charge on any atom is 0.286 e. The SMILES string of the molecule is N#Cc1cccc(-c2ccc3c(N)c(C(N)=O)oc3c2)c1. The number of hydrogen-bond acceptors (Lipinski definition) is 4. The van der Waals surface area contributed by atoms with Crippen LogP contribution in [0.15, 0.2) is 46.9 Å². The molecule has 5 nitrogen and oxygen atoms in total. The molecule has 0 fully saturated rings. The minimum Gasteiger partial charge on any atom is -0.449 e. The number of carbonyl (C=O) groups excluding carboxylic acids is 1. The molecule has 2 aromatic carbocycles. The molecule has 0 radical (unpaired) electrons. The lowest BCUT2D eigenvalue weighted by atomic mass is 10.0. The van der Waals surface area contributed by atoms with Crippen molar-refractivity contribution in [3.63, 3.8) is 0 Å². The van der Waals surface area contributed by atoms with Crippen LogP contribution in [0.4, 0.5) is 5.69 Å². The van der Waals surface area contributed by atoms with E-state index in [4.69, 9.17) is 21.1 Å². The summed E-state index contributed by atoms with van der Waals surface area (Å²) in [6, 6.07) is 14.7. The number of nitrogen functional groups attached to an aromatic ring is 1. The summed E-state index contributed by atoms with van der Waals surface area (Å²) in [4.78, 5) is 11.2. The fourth-order valence-electron chi connectivity index (χ4n) is 2.25. The van der Waals surface area contributed by atoms with E-state index in [1.165, 1.54) is 0 Å². The maximum absolute atomic E-state index is 11.2. The van der Waals surface area contributed by atoms with Gasteiger partial charge >= 0.3 is 0 Å². The van der Waals surface area contributed by atoms with E-state index in [1.807, 2.05) is 18.2 Å². The molecule has 4 N–H and O–H groups in total. The standard InChI is InChI=1S/C16H11N3O2/c17-8-9-2-1-3-10(6-9)11-4-5-12-13(7-11)21-15(14(12)18)16(19)20/h1-7H,18H2,(H2,19,20). The van der Waals surface area contributed by atoms with Gasteiger partial charge in [-0.15, -0.1) is 0 Å². The molecule has 0 aliphatic heterocycles. The van der Waals surface area contributed by atoms with Crippen LogP contribution in [0.1, 0.15) is 16.1 Å². The van der Waals surface area contributed by atoms with E-state index in [-0.39, 0.29) is 11.4 Å². The van der Waals surface area contributed by atoms with Crippen LogP contribution >= 0.6 is 0 Å². The van der Waals surface area contributed by atoms with E-state index in [0.717, 1.165) is 11.1 Å². The molecule has 0 unspecified atom stereocenters. The van der Waals surface area contributed by atoms with Crippen molar-refractivity contribution in [3.05, 3.63) is 53.8 Å². The van der Waals surface area contributed by atoms with Gasteiger partial charge in [0.2, 0.25) is 5.76 Å². The highest BCUT2D eigenvalue weighted by Crippen LogP contribution is 2.32. The summed E-state index contributed by atoms with van der Waals surface area (Å²) in [6.07, 6.45) is 0. The monoisotopic (exact) mass is 277 g/mol. The van der Waals surface area contributed by atoms with Gasteiger partial charge in [-0.05, 0) is 35.4 Å². The second kappa shape index (κ2) is 4.69. The van der Waals surface area contributed by atoms with Gasteiger partial charge in [-0.2, -0.15) is 5.26 Å². The number of benzene rings is 2. The average molecular weight is 277 g/mol. The van der Waals surface area contributed by atoms with Gasteiger partial charge in [-0.25, -0.2) is 0 Å². The van der Waals surface area contributed by atoms with Gasteiger partial charge in [0.05, 0.1) is 17.3 Å². The molecule has 0 spiro atoms. The highest BCUT2D eigenvalue weighted by Gasteiger charge is 2.16. The van der Waals surface area contributed by atoms with Crippen molar-refractivity contribution in [3.8, 4) is 17.2 Å². The molecule has 21 heavy (non-hydrogen) atoms. The molecule has 1 aromatic heterocycles. The third-order valence-electron chi connectivity index (χ3n) is 3.28. The molecule has 0 aliphatic carbocycles. The predicted molar refractivity (Wildman–Crippen MR) is 79.3 cm³/mol. The highest BCUT2D eigenvalue weighted by atomic mass is 16.3. The second-order valence-corrected chi connectivity index (χ2v) is 4.61. The third-order valence-corrected chi connectivity index (χ3v) is 3.28. The zero-order chi connectivity index (χ0) is 15.0. The van der Waals surface area contributed by atoms with E-state index >= 15 is 0 Å². The van der Waals surface area contributed by atoms with Gasteiger partial charge in [0.25, 0.3) is 5.91 Å². The van der Waals surface area contributed by atoms with Crippen LogP contribution in [0.25, 0.3) is 22.1 Å². The molecule has 5 heteroatoms. The molecule has 0 aliphatic rings. The topological polar surface area (TPSA) is 106 Å². The Morgan fingerprint density at radius 2 is 1.90 bits per heavy atom. The van der Waals surface area contributed by atoms with Crippen molar-refractivity contribution in [1.82, 2.24) is 0 Å². The van der Waals surface area contributed by atoms with Crippen molar-refractivity contribution >= 4 is 22.6 Å². The van der Waals surface area contributed by atoms with Gasteiger partial charge in [-0.3, -0.25) is 4.79 Å². The highest BCUT2D eigenvalue weighted by molar-refractivity contribution is 6.05. The Balaban J connectivity index is 2.17. The average Bonchev–Trinajstić information content (AvgIpc) is 2.84. The molecule has 1 heterocycles. The number of nitriles is 1. The van der Waals surface area contributed by atoms with Crippen LogP contribution in [0.2, 0.25) is 0 Å². The summed E-state index contributed by atoms with van der Waals surface area (Å²) in [7, 11) is 0. The Labute approximate surface area is 120 Å². The fourth-order valence-corrected chi connectivity index (χ4v) is 2.25. The molecule has 0 bridgehead atoms. The van der Waals surface area contributed by atoms with Crippen LogP contribution < -0.4 is 11.5 Å². The largest absolute Gasteiger partial charge is 0.449 e. The van der Waals surface area contributed by atoms with Gasteiger partial charge in [-0.1, -0.05) is 18.2 Å². The van der Waals surface area contributed by atoms with Gasteiger partial charge < -0.3 is 15.9 Å². The Morgan fingerprint density at radius 3 is 2.62 bits per heavy atom. The molecule has 0 atom stereocenters. The van der Waals surface area contributed by atoms with Crippen molar-refractivity contribution in [1.29, 1.82) is 5.26 Å². The number of nitrogens with zero attached hydrogens (tertiary/aromatic N) is 1. The zero-order valence-corrected chi connectivity index (χ0v) is 11.0. The summed E-state index contributed by atoms with van der Waals surface area (Å²) < 4.78 is 5.41. The summed E-state index contributed by atoms with van der Waals surface area (Å²) >= 11 is 0. The Bertz CT molecular complexity index is 904. The summed E-state index contributed by atoms with van der Waals surface area (Å²) in [5, 5.41) is 9.59. The fraction of sp³-hybridized carbons (Fsp3) is 0. The number of fused-ring (bicyclic) bond motifs is 1. The van der Waals surface area contributed by atoms with Gasteiger partial charge in [0.1, 0.15) is 5.58 Å². The quantitative estimate of drug-likeness (QED) is 0.750. The number of anilines is 1. The summed E-state index contributed by atoms with van der Waals surface area (Å²) in [5.74, 6) is -0.732. The number of rotatable bonds is 2.